The van der Waals surface area contributed by atoms with E-state index in [1.165, 1.54) is 0 Å². The molecule has 0 fully saturated rings. The van der Waals surface area contributed by atoms with Crippen molar-refractivity contribution >= 4 is 28.4 Å². The number of Topliss-reactive ketones (excluding diaryl/α,β-unsaturated/α-hetero) is 1. The Balaban J connectivity index is 1.75. The summed E-state index contributed by atoms with van der Waals surface area (Å²) in [7, 11) is 0. The fourth-order valence-electron chi connectivity index (χ4n) is 2.00. The first kappa shape index (κ1) is 12.9. The van der Waals surface area contributed by atoms with E-state index in [-0.39, 0.29) is 5.78 Å². The Morgan fingerprint density at radius 3 is 2.70 bits per heavy atom. The molecule has 20 heavy (non-hydrogen) atoms. The molecule has 2 nitrogen and oxygen atoms in total. The van der Waals surface area contributed by atoms with E-state index in [2.05, 4.69) is 4.98 Å². The second kappa shape index (κ2) is 5.88. The average molecular weight is 279 g/mol. The van der Waals surface area contributed by atoms with E-state index in [1.807, 2.05) is 60.7 Å². The van der Waals surface area contributed by atoms with Gasteiger partial charge in [-0.25, -0.2) is 0 Å². The van der Waals surface area contributed by atoms with Gasteiger partial charge in [0.1, 0.15) is 0 Å². The number of benzene rings is 2. The Morgan fingerprint density at radius 2 is 1.85 bits per heavy atom. The molecule has 0 amide bonds. The Bertz CT molecular complexity index is 740. The second-order valence-electron chi connectivity index (χ2n) is 4.44. The first-order valence-corrected chi connectivity index (χ1v) is 7.37. The number of pyridine rings is 1. The smallest absolute Gasteiger partial charge is 0.173 e. The van der Waals surface area contributed by atoms with Gasteiger partial charge in [-0.2, -0.15) is 0 Å². The molecular weight excluding hydrogens is 266 g/mol. The second-order valence-corrected chi connectivity index (χ2v) is 5.48. The highest BCUT2D eigenvalue weighted by Crippen LogP contribution is 2.20. The Morgan fingerprint density at radius 1 is 1.00 bits per heavy atom. The van der Waals surface area contributed by atoms with Crippen LogP contribution in [0.2, 0.25) is 0 Å². The van der Waals surface area contributed by atoms with E-state index in [0.717, 1.165) is 21.4 Å². The van der Waals surface area contributed by atoms with Gasteiger partial charge < -0.3 is 0 Å². The van der Waals surface area contributed by atoms with Gasteiger partial charge in [-0.05, 0) is 36.4 Å². The zero-order chi connectivity index (χ0) is 13.8. The van der Waals surface area contributed by atoms with Gasteiger partial charge in [0.05, 0.1) is 11.3 Å². The number of aromatic nitrogens is 1. The number of ketones is 1. The van der Waals surface area contributed by atoms with Crippen molar-refractivity contribution in [3.63, 3.8) is 0 Å². The van der Waals surface area contributed by atoms with Crippen LogP contribution in [0.25, 0.3) is 10.9 Å². The topological polar surface area (TPSA) is 30.0 Å². The Hall–Kier alpha value is -2.13. The number of hydrogen-bond donors (Lipinski definition) is 0. The molecular formula is C17H13NOS. The number of carbonyl (C=O) groups excluding carboxylic acids is 1. The monoisotopic (exact) mass is 279 g/mol. The largest absolute Gasteiger partial charge is 0.293 e. The summed E-state index contributed by atoms with van der Waals surface area (Å²) in [6.07, 6.45) is 1.76. The Labute approximate surface area is 121 Å². The maximum Gasteiger partial charge on any atom is 0.173 e. The summed E-state index contributed by atoms with van der Waals surface area (Å²) < 4.78 is 0. The normalized spacial score (nSPS) is 10.6. The van der Waals surface area contributed by atoms with Gasteiger partial charge in [-0.15, -0.1) is 11.8 Å². The molecule has 0 aliphatic carbocycles. The predicted molar refractivity (Wildman–Crippen MR) is 83.2 cm³/mol. The molecule has 1 heterocycles. The molecule has 0 saturated heterocycles. The summed E-state index contributed by atoms with van der Waals surface area (Å²) in [4.78, 5) is 17.6. The molecule has 0 aliphatic rings. The van der Waals surface area contributed by atoms with Gasteiger partial charge >= 0.3 is 0 Å². The van der Waals surface area contributed by atoms with Gasteiger partial charge in [-0.1, -0.05) is 24.3 Å². The van der Waals surface area contributed by atoms with Gasteiger partial charge in [-0.3, -0.25) is 9.78 Å². The van der Waals surface area contributed by atoms with Crippen molar-refractivity contribution in [2.24, 2.45) is 0 Å². The van der Waals surface area contributed by atoms with Gasteiger partial charge in [0.15, 0.2) is 5.78 Å². The third kappa shape index (κ3) is 2.89. The summed E-state index contributed by atoms with van der Waals surface area (Å²) >= 11 is 1.56. The summed E-state index contributed by atoms with van der Waals surface area (Å²) in [5.74, 6) is 0.597. The fraction of sp³-hybridized carbons (Fsp3) is 0.0588. The van der Waals surface area contributed by atoms with Crippen molar-refractivity contribution in [2.75, 3.05) is 5.75 Å². The quantitative estimate of drug-likeness (QED) is 0.529. The van der Waals surface area contributed by atoms with Gasteiger partial charge in [0, 0.05) is 22.0 Å². The van der Waals surface area contributed by atoms with Crippen molar-refractivity contribution in [1.82, 2.24) is 4.98 Å². The minimum atomic E-state index is 0.143. The maximum absolute atomic E-state index is 12.2. The third-order valence-electron chi connectivity index (χ3n) is 3.04. The summed E-state index contributed by atoms with van der Waals surface area (Å²) in [5, 5.41) is 1.00. The van der Waals surface area contributed by atoms with Crippen LogP contribution in [0.15, 0.2) is 71.8 Å². The van der Waals surface area contributed by atoms with Crippen molar-refractivity contribution < 1.29 is 4.79 Å². The van der Waals surface area contributed by atoms with E-state index in [4.69, 9.17) is 0 Å². The molecule has 0 aliphatic heterocycles. The lowest BCUT2D eigenvalue weighted by Crippen LogP contribution is -2.02. The van der Waals surface area contributed by atoms with Crippen molar-refractivity contribution in [3.8, 4) is 0 Å². The molecule has 3 aromatic rings. The molecule has 0 bridgehead atoms. The van der Waals surface area contributed by atoms with Gasteiger partial charge in [0.2, 0.25) is 0 Å². The maximum atomic E-state index is 12.2. The lowest BCUT2D eigenvalue weighted by Gasteiger charge is -2.03. The number of rotatable bonds is 4. The minimum absolute atomic E-state index is 0.143. The Kier molecular flexibility index (Phi) is 3.79. The lowest BCUT2D eigenvalue weighted by molar-refractivity contribution is 0.102. The van der Waals surface area contributed by atoms with Crippen molar-refractivity contribution in [1.29, 1.82) is 0 Å². The third-order valence-corrected chi connectivity index (χ3v) is 4.05. The highest BCUT2D eigenvalue weighted by atomic mass is 32.2. The predicted octanol–water partition coefficient (Wildman–Crippen LogP) is 4.21. The van der Waals surface area contributed by atoms with E-state index in [9.17, 15) is 4.79 Å². The van der Waals surface area contributed by atoms with E-state index < -0.39 is 0 Å². The summed E-state index contributed by atoms with van der Waals surface area (Å²) in [5.41, 5.74) is 1.66. The number of carbonyl (C=O) groups is 1. The zero-order valence-corrected chi connectivity index (χ0v) is 11.6. The molecule has 3 heteroatoms. The number of thioether (sulfide) groups is 1. The van der Waals surface area contributed by atoms with E-state index >= 15 is 0 Å². The van der Waals surface area contributed by atoms with Gasteiger partial charge in [0.25, 0.3) is 0 Å². The summed E-state index contributed by atoms with van der Waals surface area (Å²) in [6.45, 7) is 0. The van der Waals surface area contributed by atoms with Crippen LogP contribution in [-0.2, 0) is 0 Å². The molecule has 0 unspecified atom stereocenters. The molecule has 0 saturated carbocycles. The molecule has 0 spiro atoms. The molecule has 98 valence electrons. The number of nitrogens with zero attached hydrogens (tertiary/aromatic N) is 1. The molecule has 0 N–H and O–H groups in total. The van der Waals surface area contributed by atoms with Crippen LogP contribution < -0.4 is 0 Å². The number of fused-ring (bicyclic) bond motifs is 1. The highest BCUT2D eigenvalue weighted by molar-refractivity contribution is 8.00. The highest BCUT2D eigenvalue weighted by Gasteiger charge is 2.07. The SMILES string of the molecule is O=C(CSc1ccccc1)c1ccc2ncccc2c1. The van der Waals surface area contributed by atoms with Crippen LogP contribution >= 0.6 is 11.8 Å². The fourth-order valence-corrected chi connectivity index (χ4v) is 2.81. The standard InChI is InChI=1S/C17H13NOS/c19-17(12-20-15-6-2-1-3-7-15)14-8-9-16-13(11-14)5-4-10-18-16/h1-11H,12H2. The average Bonchev–Trinajstić information content (AvgIpc) is 2.53. The minimum Gasteiger partial charge on any atom is -0.293 e. The van der Waals surface area contributed by atoms with Crippen LogP contribution in [0.4, 0.5) is 0 Å². The molecule has 1 aromatic heterocycles. The van der Waals surface area contributed by atoms with Crippen LogP contribution in [-0.4, -0.2) is 16.5 Å². The van der Waals surface area contributed by atoms with Crippen LogP contribution in [0.3, 0.4) is 0 Å². The first-order chi connectivity index (χ1) is 9.83. The molecule has 0 radical (unpaired) electrons. The lowest BCUT2D eigenvalue weighted by atomic mass is 10.1. The first-order valence-electron chi connectivity index (χ1n) is 6.39. The van der Waals surface area contributed by atoms with Crippen molar-refractivity contribution in [2.45, 2.75) is 4.90 Å². The van der Waals surface area contributed by atoms with Crippen LogP contribution in [0.1, 0.15) is 10.4 Å². The van der Waals surface area contributed by atoms with Crippen molar-refractivity contribution in [3.05, 3.63) is 72.4 Å². The number of hydrogen-bond acceptors (Lipinski definition) is 3. The van der Waals surface area contributed by atoms with E-state index in [1.54, 1.807) is 18.0 Å². The zero-order valence-electron chi connectivity index (χ0n) is 10.8. The molecule has 0 atom stereocenters. The molecule has 3 rings (SSSR count). The van der Waals surface area contributed by atoms with Crippen LogP contribution in [0, 0.1) is 0 Å². The van der Waals surface area contributed by atoms with Crippen LogP contribution in [0.5, 0.6) is 0 Å². The molecule has 2 aromatic carbocycles. The van der Waals surface area contributed by atoms with E-state index in [0.29, 0.717) is 5.75 Å². The summed E-state index contributed by atoms with van der Waals surface area (Å²) in [6, 6.07) is 19.5.